The minimum atomic E-state index is 0.209. The van der Waals surface area contributed by atoms with E-state index in [2.05, 4.69) is 11.4 Å². The van der Waals surface area contributed by atoms with Gasteiger partial charge in [0.1, 0.15) is 11.5 Å². The van der Waals surface area contributed by atoms with Crippen LogP contribution in [0.1, 0.15) is 30.5 Å². The standard InChI is InChI=1S/C17H18ClNO2/c1-2-21-17-9-6-11(10-14(17)18)19-15-8-7-13-12(15)4-3-5-16(13)20/h3-6,9-10,15,19-20H,2,7-8H2,1H3. The maximum absolute atomic E-state index is 9.89. The van der Waals surface area contributed by atoms with E-state index in [0.29, 0.717) is 23.1 Å². The van der Waals surface area contributed by atoms with Crippen LogP contribution >= 0.6 is 11.6 Å². The van der Waals surface area contributed by atoms with Gasteiger partial charge in [-0.05, 0) is 55.2 Å². The minimum Gasteiger partial charge on any atom is -0.508 e. The van der Waals surface area contributed by atoms with E-state index in [1.807, 2.05) is 31.2 Å². The molecule has 2 N–H and O–H groups in total. The molecule has 1 aliphatic rings. The topological polar surface area (TPSA) is 41.5 Å². The van der Waals surface area contributed by atoms with E-state index < -0.39 is 0 Å². The Labute approximate surface area is 129 Å². The summed E-state index contributed by atoms with van der Waals surface area (Å²) < 4.78 is 5.44. The fourth-order valence-corrected chi connectivity index (χ4v) is 3.08. The first-order chi connectivity index (χ1) is 10.2. The van der Waals surface area contributed by atoms with Crippen LogP contribution in [0.15, 0.2) is 36.4 Å². The van der Waals surface area contributed by atoms with Crippen LogP contribution in [0.25, 0.3) is 0 Å². The smallest absolute Gasteiger partial charge is 0.138 e. The van der Waals surface area contributed by atoms with Crippen molar-refractivity contribution in [3.63, 3.8) is 0 Å². The number of rotatable bonds is 4. The zero-order valence-electron chi connectivity index (χ0n) is 11.9. The first-order valence-corrected chi connectivity index (χ1v) is 7.56. The third kappa shape index (κ3) is 2.79. The van der Waals surface area contributed by atoms with Crippen molar-refractivity contribution in [3.8, 4) is 11.5 Å². The normalized spacial score (nSPS) is 16.6. The molecule has 0 radical (unpaired) electrons. The molecule has 4 heteroatoms. The number of hydrogen-bond acceptors (Lipinski definition) is 3. The second kappa shape index (κ2) is 5.86. The molecule has 1 unspecified atom stereocenters. The number of ether oxygens (including phenoxy) is 1. The van der Waals surface area contributed by atoms with E-state index in [0.717, 1.165) is 24.1 Å². The predicted octanol–water partition coefficient (Wildman–Crippen LogP) is 4.54. The van der Waals surface area contributed by atoms with Gasteiger partial charge in [-0.3, -0.25) is 0 Å². The molecule has 1 atom stereocenters. The maximum atomic E-state index is 9.89. The Bertz CT molecular complexity index is 657. The summed E-state index contributed by atoms with van der Waals surface area (Å²) in [5, 5.41) is 14.0. The number of phenolic OH excluding ortho intramolecular Hbond substituents is 1. The molecule has 0 fully saturated rings. The number of anilines is 1. The monoisotopic (exact) mass is 303 g/mol. The minimum absolute atomic E-state index is 0.209. The summed E-state index contributed by atoms with van der Waals surface area (Å²) in [6.07, 6.45) is 1.86. The van der Waals surface area contributed by atoms with E-state index in [-0.39, 0.29) is 6.04 Å². The molecule has 0 aliphatic heterocycles. The zero-order valence-corrected chi connectivity index (χ0v) is 12.7. The summed E-state index contributed by atoms with van der Waals surface area (Å²) in [5.74, 6) is 1.09. The zero-order chi connectivity index (χ0) is 14.8. The highest BCUT2D eigenvalue weighted by atomic mass is 35.5. The molecule has 21 heavy (non-hydrogen) atoms. The summed E-state index contributed by atoms with van der Waals surface area (Å²) in [6.45, 7) is 2.53. The molecule has 0 aromatic heterocycles. The Hall–Kier alpha value is -1.87. The van der Waals surface area contributed by atoms with Gasteiger partial charge >= 0.3 is 0 Å². The van der Waals surface area contributed by atoms with Gasteiger partial charge in [0.05, 0.1) is 17.7 Å². The number of nitrogens with one attached hydrogen (secondary N) is 1. The van der Waals surface area contributed by atoms with E-state index in [1.54, 1.807) is 6.07 Å². The first kappa shape index (κ1) is 14.1. The van der Waals surface area contributed by atoms with Crippen LogP contribution in [0.4, 0.5) is 5.69 Å². The average Bonchev–Trinajstić information content (AvgIpc) is 2.87. The van der Waals surface area contributed by atoms with Crippen LogP contribution in [0.5, 0.6) is 11.5 Å². The molecule has 110 valence electrons. The molecular weight excluding hydrogens is 286 g/mol. The number of hydrogen-bond donors (Lipinski definition) is 2. The van der Waals surface area contributed by atoms with Crippen LogP contribution in [0, 0.1) is 0 Å². The number of benzene rings is 2. The van der Waals surface area contributed by atoms with Gasteiger partial charge in [-0.25, -0.2) is 0 Å². The molecule has 1 aliphatic carbocycles. The summed E-state index contributed by atoms with van der Waals surface area (Å²) in [7, 11) is 0. The fourth-order valence-electron chi connectivity index (χ4n) is 2.85. The van der Waals surface area contributed by atoms with E-state index in [4.69, 9.17) is 16.3 Å². The van der Waals surface area contributed by atoms with E-state index in [9.17, 15) is 5.11 Å². The predicted molar refractivity (Wildman–Crippen MR) is 85.4 cm³/mol. The third-order valence-corrected chi connectivity index (χ3v) is 4.11. The van der Waals surface area contributed by atoms with Gasteiger partial charge in [0, 0.05) is 5.69 Å². The van der Waals surface area contributed by atoms with Gasteiger partial charge in [0.2, 0.25) is 0 Å². The second-order valence-corrected chi connectivity index (χ2v) is 5.57. The van der Waals surface area contributed by atoms with Crippen LogP contribution in [-0.4, -0.2) is 11.7 Å². The van der Waals surface area contributed by atoms with Crippen molar-refractivity contribution in [1.82, 2.24) is 0 Å². The van der Waals surface area contributed by atoms with Crippen molar-refractivity contribution in [2.75, 3.05) is 11.9 Å². The molecule has 3 rings (SSSR count). The van der Waals surface area contributed by atoms with Gasteiger partial charge in [-0.15, -0.1) is 0 Å². The Morgan fingerprint density at radius 3 is 2.95 bits per heavy atom. The molecule has 0 heterocycles. The summed E-state index contributed by atoms with van der Waals surface area (Å²) >= 11 is 6.21. The Balaban J connectivity index is 1.80. The lowest BCUT2D eigenvalue weighted by Gasteiger charge is -2.16. The second-order valence-electron chi connectivity index (χ2n) is 5.16. The fraction of sp³-hybridized carbons (Fsp3) is 0.294. The molecule has 0 saturated heterocycles. The Morgan fingerprint density at radius 2 is 2.19 bits per heavy atom. The largest absolute Gasteiger partial charge is 0.508 e. The highest BCUT2D eigenvalue weighted by Gasteiger charge is 2.24. The van der Waals surface area contributed by atoms with Gasteiger partial charge in [-0.1, -0.05) is 23.7 Å². The third-order valence-electron chi connectivity index (χ3n) is 3.82. The van der Waals surface area contributed by atoms with Crippen molar-refractivity contribution in [2.45, 2.75) is 25.8 Å². The van der Waals surface area contributed by atoms with E-state index in [1.165, 1.54) is 5.56 Å². The molecule has 0 amide bonds. The van der Waals surface area contributed by atoms with Crippen molar-refractivity contribution < 1.29 is 9.84 Å². The van der Waals surface area contributed by atoms with Crippen LogP contribution < -0.4 is 10.1 Å². The van der Waals surface area contributed by atoms with Gasteiger partial charge in [0.25, 0.3) is 0 Å². The van der Waals surface area contributed by atoms with Crippen LogP contribution in [-0.2, 0) is 6.42 Å². The highest BCUT2D eigenvalue weighted by molar-refractivity contribution is 6.32. The molecule has 2 aromatic rings. The van der Waals surface area contributed by atoms with Crippen molar-refractivity contribution in [1.29, 1.82) is 0 Å². The number of phenols is 1. The lowest BCUT2D eigenvalue weighted by Crippen LogP contribution is -2.07. The average molecular weight is 304 g/mol. The van der Waals surface area contributed by atoms with Gasteiger partial charge < -0.3 is 15.2 Å². The molecule has 0 bridgehead atoms. The SMILES string of the molecule is CCOc1ccc(NC2CCc3c(O)cccc32)cc1Cl. The van der Waals surface area contributed by atoms with Gasteiger partial charge in [0.15, 0.2) is 0 Å². The van der Waals surface area contributed by atoms with Crippen molar-refractivity contribution >= 4 is 17.3 Å². The molecule has 2 aromatic carbocycles. The summed E-state index contributed by atoms with van der Waals surface area (Å²) in [6, 6.07) is 11.6. The van der Waals surface area contributed by atoms with E-state index >= 15 is 0 Å². The number of fused-ring (bicyclic) bond motifs is 1. The van der Waals surface area contributed by atoms with Crippen LogP contribution in [0.3, 0.4) is 0 Å². The highest BCUT2D eigenvalue weighted by Crippen LogP contribution is 2.39. The number of halogens is 1. The Kier molecular flexibility index (Phi) is 3.93. The maximum Gasteiger partial charge on any atom is 0.138 e. The lowest BCUT2D eigenvalue weighted by atomic mass is 10.1. The summed E-state index contributed by atoms with van der Waals surface area (Å²) in [5.41, 5.74) is 3.18. The lowest BCUT2D eigenvalue weighted by molar-refractivity contribution is 0.340. The number of aromatic hydroxyl groups is 1. The summed E-state index contributed by atoms with van der Waals surface area (Å²) in [4.78, 5) is 0. The molecular formula is C17H18ClNO2. The molecule has 0 saturated carbocycles. The first-order valence-electron chi connectivity index (χ1n) is 7.18. The van der Waals surface area contributed by atoms with Gasteiger partial charge in [-0.2, -0.15) is 0 Å². The van der Waals surface area contributed by atoms with Crippen LogP contribution in [0.2, 0.25) is 5.02 Å². The van der Waals surface area contributed by atoms with Crippen molar-refractivity contribution in [3.05, 3.63) is 52.5 Å². The Morgan fingerprint density at radius 1 is 1.33 bits per heavy atom. The molecule has 3 nitrogen and oxygen atoms in total. The quantitative estimate of drug-likeness (QED) is 0.871. The van der Waals surface area contributed by atoms with Crippen molar-refractivity contribution in [2.24, 2.45) is 0 Å². The molecule has 0 spiro atoms.